The number of carbonyl (C=O) groups is 3. The molecule has 0 fully saturated rings. The van der Waals surface area contributed by atoms with Gasteiger partial charge < -0.3 is 29.5 Å². The molecule has 3 atom stereocenters. The van der Waals surface area contributed by atoms with Crippen molar-refractivity contribution in [3.8, 4) is 0 Å². The van der Waals surface area contributed by atoms with Crippen LogP contribution in [-0.4, -0.2) is 71.4 Å². The van der Waals surface area contributed by atoms with Crippen LogP contribution < -0.4 is 0 Å². The van der Waals surface area contributed by atoms with Gasteiger partial charge in [0, 0.05) is 6.08 Å². The van der Waals surface area contributed by atoms with E-state index in [-0.39, 0.29) is 25.4 Å². The average molecular weight is 348 g/mol. The van der Waals surface area contributed by atoms with E-state index in [1.807, 2.05) is 0 Å². The summed E-state index contributed by atoms with van der Waals surface area (Å²) in [6, 6.07) is 0. The number of aliphatic hydroxyl groups excluding tert-OH is 3. The molecule has 0 aliphatic rings. The Morgan fingerprint density at radius 2 is 1.29 bits per heavy atom. The predicted octanol–water partition coefficient (Wildman–Crippen LogP) is -0.925. The number of hydrogen-bond acceptors (Lipinski definition) is 9. The highest BCUT2D eigenvalue weighted by Gasteiger charge is 2.20. The van der Waals surface area contributed by atoms with Gasteiger partial charge in [-0.25, -0.2) is 9.59 Å². The standard InChI is InChI=1S/C15H24O9/c1-9(16)6-22-13(19)4-12(15(21)24-8-11(3)18)5-14(20)23-7-10(2)17/h4,9-11,16-18H,5-8H2,1-3H3/b12-4+. The van der Waals surface area contributed by atoms with Crippen LogP contribution in [0.3, 0.4) is 0 Å². The molecule has 0 aliphatic heterocycles. The summed E-state index contributed by atoms with van der Waals surface area (Å²) >= 11 is 0. The Balaban J connectivity index is 4.90. The van der Waals surface area contributed by atoms with Crippen LogP contribution in [0.5, 0.6) is 0 Å². The summed E-state index contributed by atoms with van der Waals surface area (Å²) in [5.74, 6) is -2.78. The molecule has 0 radical (unpaired) electrons. The normalized spacial score (nSPS) is 15.2. The van der Waals surface area contributed by atoms with Crippen molar-refractivity contribution in [2.75, 3.05) is 19.8 Å². The van der Waals surface area contributed by atoms with E-state index in [1.165, 1.54) is 20.8 Å². The molecule has 0 rings (SSSR count). The minimum absolute atomic E-state index is 0.263. The van der Waals surface area contributed by atoms with E-state index in [0.29, 0.717) is 0 Å². The lowest BCUT2D eigenvalue weighted by molar-refractivity contribution is -0.149. The summed E-state index contributed by atoms with van der Waals surface area (Å²) in [7, 11) is 0. The van der Waals surface area contributed by atoms with Gasteiger partial charge in [0.05, 0.1) is 30.3 Å². The molecule has 0 aliphatic carbocycles. The molecule has 0 aromatic carbocycles. The summed E-state index contributed by atoms with van der Waals surface area (Å²) in [6.07, 6.45) is -2.49. The van der Waals surface area contributed by atoms with Gasteiger partial charge in [-0.05, 0) is 20.8 Å². The lowest BCUT2D eigenvalue weighted by atomic mass is 10.2. The third-order valence-corrected chi connectivity index (χ3v) is 2.30. The SMILES string of the molecule is CC(O)COC(=O)/C=C(\CC(=O)OCC(C)O)C(=O)OCC(C)O. The number of ether oxygens (including phenoxy) is 3. The Bertz CT molecular complexity index is 452. The zero-order valence-electron chi connectivity index (χ0n) is 13.9. The first-order chi connectivity index (χ1) is 11.1. The minimum Gasteiger partial charge on any atom is -0.463 e. The Kier molecular flexibility index (Phi) is 10.6. The zero-order valence-corrected chi connectivity index (χ0v) is 13.9. The second-order valence-corrected chi connectivity index (χ2v) is 5.30. The maximum Gasteiger partial charge on any atom is 0.334 e. The van der Waals surface area contributed by atoms with E-state index < -0.39 is 42.6 Å². The number of rotatable bonds is 10. The van der Waals surface area contributed by atoms with Crippen molar-refractivity contribution >= 4 is 17.9 Å². The van der Waals surface area contributed by atoms with Crippen molar-refractivity contribution in [3.63, 3.8) is 0 Å². The van der Waals surface area contributed by atoms with Crippen LogP contribution in [0, 0.1) is 0 Å². The van der Waals surface area contributed by atoms with Crippen LogP contribution in [0.15, 0.2) is 11.6 Å². The van der Waals surface area contributed by atoms with E-state index >= 15 is 0 Å². The van der Waals surface area contributed by atoms with Gasteiger partial charge in [0.25, 0.3) is 0 Å². The second-order valence-electron chi connectivity index (χ2n) is 5.30. The molecule has 3 N–H and O–H groups in total. The van der Waals surface area contributed by atoms with Crippen LogP contribution >= 0.6 is 0 Å². The third kappa shape index (κ3) is 11.6. The average Bonchev–Trinajstić information content (AvgIpc) is 2.47. The zero-order chi connectivity index (χ0) is 18.7. The highest BCUT2D eigenvalue weighted by molar-refractivity contribution is 5.99. The van der Waals surface area contributed by atoms with Gasteiger partial charge in [-0.1, -0.05) is 0 Å². The monoisotopic (exact) mass is 348 g/mol. The van der Waals surface area contributed by atoms with Crippen molar-refractivity contribution in [3.05, 3.63) is 11.6 Å². The molecule has 0 amide bonds. The lowest BCUT2D eigenvalue weighted by Crippen LogP contribution is -2.21. The summed E-state index contributed by atoms with van der Waals surface area (Å²) in [5.41, 5.74) is -0.332. The minimum atomic E-state index is -0.987. The maximum atomic E-state index is 11.9. The highest BCUT2D eigenvalue weighted by atomic mass is 16.6. The summed E-state index contributed by atoms with van der Waals surface area (Å²) in [4.78, 5) is 35.1. The summed E-state index contributed by atoms with van der Waals surface area (Å²) < 4.78 is 14.1. The lowest BCUT2D eigenvalue weighted by Gasteiger charge is -2.11. The smallest absolute Gasteiger partial charge is 0.334 e. The molecule has 0 aromatic heterocycles. The second kappa shape index (κ2) is 11.5. The first-order valence-corrected chi connectivity index (χ1v) is 7.36. The quantitative estimate of drug-likeness (QED) is 0.259. The van der Waals surface area contributed by atoms with Gasteiger partial charge in [0.1, 0.15) is 19.8 Å². The van der Waals surface area contributed by atoms with Gasteiger partial charge in [0.2, 0.25) is 0 Å². The molecule has 3 unspecified atom stereocenters. The topological polar surface area (TPSA) is 140 Å². The number of carbonyl (C=O) groups excluding carboxylic acids is 3. The Labute approximate surface area is 139 Å². The molecule has 0 bridgehead atoms. The van der Waals surface area contributed by atoms with E-state index in [4.69, 9.17) is 24.8 Å². The fourth-order valence-electron chi connectivity index (χ4n) is 1.28. The molecule has 9 heteroatoms. The van der Waals surface area contributed by atoms with Gasteiger partial charge in [-0.15, -0.1) is 0 Å². The van der Waals surface area contributed by atoms with Crippen LogP contribution in [-0.2, 0) is 28.6 Å². The largest absolute Gasteiger partial charge is 0.463 e. The van der Waals surface area contributed by atoms with E-state index in [2.05, 4.69) is 4.74 Å². The van der Waals surface area contributed by atoms with Gasteiger partial charge in [0.15, 0.2) is 0 Å². The highest BCUT2D eigenvalue weighted by Crippen LogP contribution is 2.08. The molecule has 0 saturated heterocycles. The van der Waals surface area contributed by atoms with Crippen molar-refractivity contribution in [1.82, 2.24) is 0 Å². The number of aliphatic hydroxyl groups is 3. The number of esters is 3. The third-order valence-electron chi connectivity index (χ3n) is 2.30. The van der Waals surface area contributed by atoms with E-state index in [1.54, 1.807) is 0 Å². The maximum absolute atomic E-state index is 11.9. The molecule has 0 aromatic rings. The van der Waals surface area contributed by atoms with E-state index in [9.17, 15) is 14.4 Å². The molecule has 0 spiro atoms. The molecular formula is C15H24O9. The van der Waals surface area contributed by atoms with Crippen molar-refractivity contribution < 1.29 is 43.9 Å². The Morgan fingerprint density at radius 1 is 0.833 bits per heavy atom. The Morgan fingerprint density at radius 3 is 1.79 bits per heavy atom. The first-order valence-electron chi connectivity index (χ1n) is 7.36. The molecule has 24 heavy (non-hydrogen) atoms. The van der Waals surface area contributed by atoms with Gasteiger partial charge >= 0.3 is 17.9 Å². The van der Waals surface area contributed by atoms with Crippen molar-refractivity contribution in [2.45, 2.75) is 45.5 Å². The van der Waals surface area contributed by atoms with Crippen molar-refractivity contribution in [2.24, 2.45) is 0 Å². The van der Waals surface area contributed by atoms with Crippen LogP contribution in [0.25, 0.3) is 0 Å². The fraction of sp³-hybridized carbons (Fsp3) is 0.667. The van der Waals surface area contributed by atoms with Gasteiger partial charge in [-0.3, -0.25) is 4.79 Å². The summed E-state index contributed by atoms with van der Waals surface area (Å²) in [6.45, 7) is 3.35. The van der Waals surface area contributed by atoms with Crippen LogP contribution in [0.4, 0.5) is 0 Å². The fourth-order valence-corrected chi connectivity index (χ4v) is 1.28. The predicted molar refractivity (Wildman–Crippen MR) is 80.6 cm³/mol. The van der Waals surface area contributed by atoms with Crippen LogP contribution in [0.2, 0.25) is 0 Å². The Hall–Kier alpha value is -1.97. The number of hydrogen-bond donors (Lipinski definition) is 3. The molecule has 9 nitrogen and oxygen atoms in total. The van der Waals surface area contributed by atoms with Crippen molar-refractivity contribution in [1.29, 1.82) is 0 Å². The van der Waals surface area contributed by atoms with Gasteiger partial charge in [-0.2, -0.15) is 0 Å². The summed E-state index contributed by atoms with van der Waals surface area (Å²) in [5, 5.41) is 27.2. The van der Waals surface area contributed by atoms with E-state index in [0.717, 1.165) is 6.08 Å². The molecular weight excluding hydrogens is 324 g/mol. The first kappa shape index (κ1) is 22.0. The molecule has 0 saturated carbocycles. The molecule has 0 heterocycles. The van der Waals surface area contributed by atoms with Crippen LogP contribution in [0.1, 0.15) is 27.2 Å². The molecule has 138 valence electrons.